The number of hydrogen-bond acceptors (Lipinski definition) is 14. The SMILES string of the molecule is CCCCCCSc1ccc(-c2ccc(-c3cc(SCCCCCC)c(-c4sc(-c5cc(SCCCCCC)c(-c6sc(-c7ccc(-c8ccc(SCCCCCC)s8)s7)cc6SCCCCCC)s5)cc4SCCCCCC)s3)s2)s1. The summed E-state index contributed by atoms with van der Waals surface area (Å²) in [6, 6.07) is 29.5. The fraction of sp³-hybridized carbons (Fsp3) is 0.529. The predicted octanol–water partition coefficient (Wildman–Crippen LogP) is 29.9. The summed E-state index contributed by atoms with van der Waals surface area (Å²) >= 11 is 28.9. The predicted molar refractivity (Wildman–Crippen MR) is 397 cm³/mol. The van der Waals surface area contributed by atoms with Crippen molar-refractivity contribution in [2.24, 2.45) is 0 Å². The molecule has 0 saturated carbocycles. The molecule has 0 aliphatic carbocycles. The van der Waals surface area contributed by atoms with Crippen molar-refractivity contribution in [3.05, 3.63) is 72.8 Å². The van der Waals surface area contributed by atoms with Gasteiger partial charge in [0.2, 0.25) is 0 Å². The molecular formula is C68H90S14. The fourth-order valence-corrected chi connectivity index (χ4v) is 26.7. The van der Waals surface area contributed by atoms with E-state index in [1.807, 2.05) is 45.3 Å². The first-order chi connectivity index (χ1) is 40.4. The molecule has 0 atom stereocenters. The Hall–Kier alpha value is -0.300. The highest BCUT2D eigenvalue weighted by Gasteiger charge is 2.25. The summed E-state index contributed by atoms with van der Waals surface area (Å²) in [5, 5.41) is 0. The van der Waals surface area contributed by atoms with Gasteiger partial charge < -0.3 is 0 Å². The third-order valence-electron chi connectivity index (χ3n) is 14.3. The van der Waals surface area contributed by atoms with Crippen LogP contribution < -0.4 is 0 Å². The van der Waals surface area contributed by atoms with Crippen molar-refractivity contribution in [2.75, 3.05) is 34.5 Å². The van der Waals surface area contributed by atoms with Gasteiger partial charge in [-0.2, -0.15) is 0 Å². The van der Waals surface area contributed by atoms with E-state index in [0.717, 1.165) is 0 Å². The lowest BCUT2D eigenvalue weighted by atomic mass is 10.2. The average Bonchev–Trinajstić information content (AvgIpc) is 4.55. The number of rotatable bonds is 43. The number of hydrogen-bond donors (Lipinski definition) is 0. The van der Waals surface area contributed by atoms with Crippen molar-refractivity contribution in [1.82, 2.24) is 0 Å². The van der Waals surface area contributed by atoms with Gasteiger partial charge >= 0.3 is 0 Å². The molecule has 0 aliphatic heterocycles. The lowest BCUT2D eigenvalue weighted by molar-refractivity contribution is 0.706. The molecule has 0 radical (unpaired) electrons. The van der Waals surface area contributed by atoms with Crippen LogP contribution in [0.15, 0.2) is 101 Å². The van der Waals surface area contributed by atoms with Crippen LogP contribution in [0.2, 0.25) is 0 Å². The molecule has 8 heterocycles. The zero-order valence-corrected chi connectivity index (χ0v) is 61.3. The van der Waals surface area contributed by atoms with E-state index in [1.165, 1.54) is 285 Å². The topological polar surface area (TPSA) is 0 Å². The number of thioether (sulfide) groups is 6. The molecular weight excluding hydrogens is 1270 g/mol. The molecule has 0 spiro atoms. The van der Waals surface area contributed by atoms with Crippen LogP contribution in [0.25, 0.3) is 68.3 Å². The van der Waals surface area contributed by atoms with Gasteiger partial charge in [-0.3, -0.25) is 0 Å². The van der Waals surface area contributed by atoms with E-state index in [-0.39, 0.29) is 0 Å². The second kappa shape index (κ2) is 38.3. The van der Waals surface area contributed by atoms with Gasteiger partial charge in [-0.15, -0.1) is 161 Å². The molecule has 446 valence electrons. The zero-order valence-electron chi connectivity index (χ0n) is 49.9. The first-order valence-corrected chi connectivity index (χ1v) is 43.6. The van der Waals surface area contributed by atoms with E-state index in [2.05, 4.69) is 230 Å². The molecule has 14 heteroatoms. The van der Waals surface area contributed by atoms with Crippen LogP contribution in [-0.4, -0.2) is 34.5 Å². The van der Waals surface area contributed by atoms with Gasteiger partial charge in [0, 0.05) is 68.4 Å². The van der Waals surface area contributed by atoms with Gasteiger partial charge in [0.25, 0.3) is 0 Å². The molecule has 0 fully saturated rings. The highest BCUT2D eigenvalue weighted by molar-refractivity contribution is 8.01. The van der Waals surface area contributed by atoms with Crippen molar-refractivity contribution >= 4 is 161 Å². The summed E-state index contributed by atoms with van der Waals surface area (Å²) in [6.07, 6.45) is 31.4. The maximum absolute atomic E-state index is 2.63. The normalized spacial score (nSPS) is 11.8. The van der Waals surface area contributed by atoms with E-state index >= 15 is 0 Å². The second-order valence-corrected chi connectivity index (χ2v) is 37.1. The Morgan fingerprint density at radius 2 is 0.439 bits per heavy atom. The third kappa shape index (κ3) is 20.9. The van der Waals surface area contributed by atoms with Crippen LogP contribution in [0.4, 0.5) is 0 Å². The maximum Gasteiger partial charge on any atom is 0.0605 e. The van der Waals surface area contributed by atoms with Crippen molar-refractivity contribution in [1.29, 1.82) is 0 Å². The zero-order chi connectivity index (χ0) is 57.1. The summed E-state index contributed by atoms with van der Waals surface area (Å²) in [4.78, 5) is 26.2. The third-order valence-corrected chi connectivity index (χ3v) is 32.1. The van der Waals surface area contributed by atoms with Crippen LogP contribution >= 0.6 is 161 Å². The Bertz CT molecular complexity index is 2810. The van der Waals surface area contributed by atoms with Crippen molar-refractivity contribution in [3.63, 3.8) is 0 Å². The molecule has 0 amide bonds. The van der Waals surface area contributed by atoms with Crippen molar-refractivity contribution < 1.29 is 0 Å². The summed E-state index contributed by atoms with van der Waals surface area (Å²) < 4.78 is 2.92. The average molecular weight is 1360 g/mol. The molecule has 0 N–H and O–H groups in total. The van der Waals surface area contributed by atoms with E-state index in [1.54, 1.807) is 0 Å². The van der Waals surface area contributed by atoms with Crippen LogP contribution in [0.5, 0.6) is 0 Å². The molecule has 8 aromatic heterocycles. The summed E-state index contributed by atoms with van der Waals surface area (Å²) in [7, 11) is 0. The first-order valence-electron chi connectivity index (χ1n) is 31.2. The maximum atomic E-state index is 2.63. The van der Waals surface area contributed by atoms with E-state index < -0.39 is 0 Å². The Balaban J connectivity index is 1.14. The van der Waals surface area contributed by atoms with Crippen LogP contribution in [0.3, 0.4) is 0 Å². The monoisotopic (exact) mass is 1350 g/mol. The molecule has 8 rings (SSSR count). The molecule has 82 heavy (non-hydrogen) atoms. The molecule has 8 aromatic rings. The van der Waals surface area contributed by atoms with Gasteiger partial charge in [-0.1, -0.05) is 157 Å². The lowest BCUT2D eigenvalue weighted by Crippen LogP contribution is -1.83. The van der Waals surface area contributed by atoms with Gasteiger partial charge in [-0.25, -0.2) is 0 Å². The molecule has 0 nitrogen and oxygen atoms in total. The molecule has 0 bridgehead atoms. The Kier molecular flexibility index (Phi) is 31.6. The lowest BCUT2D eigenvalue weighted by Gasteiger charge is -2.06. The minimum absolute atomic E-state index is 1.18. The highest BCUT2D eigenvalue weighted by Crippen LogP contribution is 2.56. The minimum Gasteiger partial charge on any atom is -0.134 e. The smallest absolute Gasteiger partial charge is 0.0605 e. The van der Waals surface area contributed by atoms with Crippen molar-refractivity contribution in [3.8, 4) is 68.3 Å². The quantitative estimate of drug-likeness (QED) is 0.0274. The summed E-state index contributed by atoms with van der Waals surface area (Å²) in [5.74, 6) is 7.17. The Morgan fingerprint density at radius 1 is 0.220 bits per heavy atom. The largest absolute Gasteiger partial charge is 0.134 e. The van der Waals surface area contributed by atoms with Gasteiger partial charge in [0.05, 0.1) is 27.9 Å². The van der Waals surface area contributed by atoms with Crippen molar-refractivity contribution in [2.45, 2.75) is 224 Å². The van der Waals surface area contributed by atoms with Crippen LogP contribution in [0, 0.1) is 0 Å². The molecule has 0 aliphatic rings. The summed E-state index contributed by atoms with van der Waals surface area (Å²) in [5.41, 5.74) is 0. The molecule has 0 saturated heterocycles. The standard InChI is InChI=1S/C68H90S14/c1-7-13-19-25-39-69-59-45-55(53-33-31-49(75-53)51-35-37-63(77-51)73-43-29-23-17-11-5)79-65(59)67-61(71-41-27-21-15-9-3)47-57(81-67)58-48-62(72-42-28-22-16-10-4)68(82-58)66-60(70-40-26-20-14-8-2)46-56(80-66)54-34-32-50(76-54)52-36-38-64(78-52)74-44-30-24-18-12-6/h31-38,45-48H,7-30,39-44H2,1-6H3. The Morgan fingerprint density at radius 3 is 0.707 bits per heavy atom. The van der Waals surface area contributed by atoms with Crippen LogP contribution in [-0.2, 0) is 0 Å². The van der Waals surface area contributed by atoms with E-state index in [9.17, 15) is 0 Å². The minimum atomic E-state index is 1.18. The molecule has 0 aromatic carbocycles. The van der Waals surface area contributed by atoms with Gasteiger partial charge in [-0.05, 0) is 146 Å². The summed E-state index contributed by atoms with van der Waals surface area (Å²) in [6.45, 7) is 13.9. The molecule has 0 unspecified atom stereocenters. The van der Waals surface area contributed by atoms with Gasteiger partial charge in [0.1, 0.15) is 0 Å². The van der Waals surface area contributed by atoms with E-state index in [0.29, 0.717) is 0 Å². The Labute approximate surface area is 554 Å². The van der Waals surface area contributed by atoms with Crippen LogP contribution in [0.1, 0.15) is 196 Å². The number of unbranched alkanes of at least 4 members (excludes halogenated alkanes) is 18. The van der Waals surface area contributed by atoms with E-state index in [4.69, 9.17) is 0 Å². The van der Waals surface area contributed by atoms with Gasteiger partial charge in [0.15, 0.2) is 0 Å². The first kappa shape index (κ1) is 67.6. The fourth-order valence-electron chi connectivity index (χ4n) is 9.56. The highest BCUT2D eigenvalue weighted by atomic mass is 32.2. The number of thiophene rings is 8. The second-order valence-electron chi connectivity index (χ2n) is 21.2.